The zero-order chi connectivity index (χ0) is 12.4. The van der Waals surface area contributed by atoms with Gasteiger partial charge in [-0.05, 0) is 38.9 Å². The summed E-state index contributed by atoms with van der Waals surface area (Å²) in [5, 5.41) is 3.35. The fraction of sp³-hybridized carbons (Fsp3) is 0.400. The maximum atomic E-state index is 4.76. The molecule has 0 atom stereocenters. The van der Waals surface area contributed by atoms with Gasteiger partial charge in [0.15, 0.2) is 0 Å². The van der Waals surface area contributed by atoms with Crippen molar-refractivity contribution in [3.05, 3.63) is 40.9 Å². The Labute approximate surface area is 112 Å². The van der Waals surface area contributed by atoms with Gasteiger partial charge in [-0.15, -0.1) is 11.3 Å². The first-order valence-corrected chi connectivity index (χ1v) is 7.43. The van der Waals surface area contributed by atoms with Crippen LogP contribution < -0.4 is 0 Å². The second kappa shape index (κ2) is 5.21. The van der Waals surface area contributed by atoms with Gasteiger partial charge in [0.2, 0.25) is 0 Å². The van der Waals surface area contributed by atoms with Crippen LogP contribution >= 0.6 is 11.3 Å². The molecule has 2 aromatic rings. The highest BCUT2D eigenvalue weighted by atomic mass is 32.1. The summed E-state index contributed by atoms with van der Waals surface area (Å²) < 4.78 is 0. The summed E-state index contributed by atoms with van der Waals surface area (Å²) in [5.41, 5.74) is 3.76. The number of hydrogen-bond donors (Lipinski definition) is 0. The van der Waals surface area contributed by atoms with E-state index < -0.39 is 0 Å². The lowest BCUT2D eigenvalue weighted by atomic mass is 10.1. The molecule has 0 N–H and O–H groups in total. The predicted molar refractivity (Wildman–Crippen MR) is 76.8 cm³/mol. The van der Waals surface area contributed by atoms with Gasteiger partial charge in [-0.3, -0.25) is 4.90 Å². The van der Waals surface area contributed by atoms with Crippen LogP contribution in [0.2, 0.25) is 0 Å². The number of aryl methyl sites for hydroxylation is 1. The lowest BCUT2D eigenvalue weighted by Crippen LogP contribution is -2.18. The lowest BCUT2D eigenvalue weighted by molar-refractivity contribution is 0.328. The monoisotopic (exact) mass is 258 g/mol. The molecule has 1 aliphatic heterocycles. The zero-order valence-electron chi connectivity index (χ0n) is 10.7. The average molecular weight is 258 g/mol. The fourth-order valence-corrected chi connectivity index (χ4v) is 3.27. The van der Waals surface area contributed by atoms with Crippen LogP contribution in [0.5, 0.6) is 0 Å². The topological polar surface area (TPSA) is 16.1 Å². The minimum absolute atomic E-state index is 1.02. The molecule has 2 heterocycles. The first-order chi connectivity index (χ1) is 8.81. The first-order valence-electron chi connectivity index (χ1n) is 6.55. The molecule has 0 radical (unpaired) electrons. The van der Waals surface area contributed by atoms with Crippen LogP contribution in [-0.2, 0) is 6.54 Å². The predicted octanol–water partition coefficient (Wildman–Crippen LogP) is 3.71. The van der Waals surface area contributed by atoms with Crippen LogP contribution in [0.25, 0.3) is 10.6 Å². The molecular formula is C15H18N2S. The minimum atomic E-state index is 1.02. The second-order valence-corrected chi connectivity index (χ2v) is 5.85. The Kier molecular flexibility index (Phi) is 3.43. The summed E-state index contributed by atoms with van der Waals surface area (Å²) in [7, 11) is 0. The molecule has 0 aliphatic carbocycles. The number of thiazole rings is 1. The molecule has 0 saturated carbocycles. The molecule has 1 fully saturated rings. The van der Waals surface area contributed by atoms with Gasteiger partial charge in [-0.25, -0.2) is 4.98 Å². The Hall–Kier alpha value is -1.19. The quantitative estimate of drug-likeness (QED) is 0.834. The zero-order valence-corrected chi connectivity index (χ0v) is 11.5. The van der Waals surface area contributed by atoms with Gasteiger partial charge < -0.3 is 0 Å². The maximum Gasteiger partial charge on any atom is 0.123 e. The van der Waals surface area contributed by atoms with E-state index in [1.165, 1.54) is 42.8 Å². The average Bonchev–Trinajstić information content (AvgIpc) is 3.01. The fourth-order valence-electron chi connectivity index (χ4n) is 2.46. The van der Waals surface area contributed by atoms with Crippen molar-refractivity contribution in [1.82, 2.24) is 9.88 Å². The molecule has 1 aliphatic rings. The summed E-state index contributed by atoms with van der Waals surface area (Å²) >= 11 is 1.76. The number of aromatic nitrogens is 1. The Morgan fingerprint density at radius 3 is 2.89 bits per heavy atom. The third-order valence-electron chi connectivity index (χ3n) is 3.40. The summed E-state index contributed by atoms with van der Waals surface area (Å²) in [6.45, 7) is 5.61. The van der Waals surface area contributed by atoms with E-state index in [0.29, 0.717) is 0 Å². The van der Waals surface area contributed by atoms with Gasteiger partial charge in [0.05, 0.1) is 5.69 Å². The van der Waals surface area contributed by atoms with Gasteiger partial charge in [0.25, 0.3) is 0 Å². The number of benzene rings is 1. The van der Waals surface area contributed by atoms with Gasteiger partial charge in [0.1, 0.15) is 5.01 Å². The van der Waals surface area contributed by atoms with E-state index in [2.05, 4.69) is 41.5 Å². The normalized spacial score (nSPS) is 16.3. The molecule has 94 valence electrons. The van der Waals surface area contributed by atoms with Crippen molar-refractivity contribution in [3.63, 3.8) is 0 Å². The minimum Gasteiger partial charge on any atom is -0.297 e. The van der Waals surface area contributed by atoms with Crippen molar-refractivity contribution >= 4 is 11.3 Å². The van der Waals surface area contributed by atoms with Crippen molar-refractivity contribution in [2.24, 2.45) is 0 Å². The molecule has 1 aromatic carbocycles. The van der Waals surface area contributed by atoms with Crippen LogP contribution in [-0.4, -0.2) is 23.0 Å². The van der Waals surface area contributed by atoms with E-state index in [0.717, 1.165) is 11.6 Å². The van der Waals surface area contributed by atoms with Crippen molar-refractivity contribution < 1.29 is 0 Å². The van der Waals surface area contributed by atoms with E-state index in [-0.39, 0.29) is 0 Å². The van der Waals surface area contributed by atoms with E-state index in [9.17, 15) is 0 Å². The van der Waals surface area contributed by atoms with E-state index >= 15 is 0 Å². The van der Waals surface area contributed by atoms with Gasteiger partial charge >= 0.3 is 0 Å². The Balaban J connectivity index is 1.76. The number of rotatable bonds is 3. The van der Waals surface area contributed by atoms with E-state index in [1.807, 2.05) is 0 Å². The van der Waals surface area contributed by atoms with Crippen LogP contribution in [0.15, 0.2) is 29.6 Å². The number of hydrogen-bond acceptors (Lipinski definition) is 3. The lowest BCUT2D eigenvalue weighted by Gasteiger charge is -2.11. The standard InChI is InChI=1S/C15H18N2S/c1-12-5-4-6-13(9-12)15-16-14(11-18-15)10-17-7-2-3-8-17/h4-6,9,11H,2-3,7-8,10H2,1H3. The highest BCUT2D eigenvalue weighted by molar-refractivity contribution is 7.13. The summed E-state index contributed by atoms with van der Waals surface area (Å²) in [6, 6.07) is 8.58. The molecule has 0 amide bonds. The molecule has 3 heteroatoms. The molecule has 1 saturated heterocycles. The SMILES string of the molecule is Cc1cccc(-c2nc(CN3CCCC3)cs2)c1. The van der Waals surface area contributed by atoms with Gasteiger partial charge in [-0.2, -0.15) is 0 Å². The van der Waals surface area contributed by atoms with Crippen molar-refractivity contribution in [3.8, 4) is 10.6 Å². The Bertz CT molecular complexity index is 527. The second-order valence-electron chi connectivity index (χ2n) is 5.00. The molecule has 0 spiro atoms. The summed E-state index contributed by atoms with van der Waals surface area (Å²) in [4.78, 5) is 7.26. The maximum absolute atomic E-state index is 4.76. The van der Waals surface area contributed by atoms with Crippen molar-refractivity contribution in [1.29, 1.82) is 0 Å². The van der Waals surface area contributed by atoms with Crippen LogP contribution in [0.1, 0.15) is 24.1 Å². The van der Waals surface area contributed by atoms with Crippen molar-refractivity contribution in [2.75, 3.05) is 13.1 Å². The molecule has 18 heavy (non-hydrogen) atoms. The van der Waals surface area contributed by atoms with Crippen LogP contribution in [0.4, 0.5) is 0 Å². The van der Waals surface area contributed by atoms with Crippen LogP contribution in [0, 0.1) is 6.92 Å². The largest absolute Gasteiger partial charge is 0.297 e. The van der Waals surface area contributed by atoms with E-state index in [1.54, 1.807) is 11.3 Å². The Morgan fingerprint density at radius 2 is 2.11 bits per heavy atom. The highest BCUT2D eigenvalue weighted by Gasteiger charge is 2.13. The van der Waals surface area contributed by atoms with E-state index in [4.69, 9.17) is 4.98 Å². The third-order valence-corrected chi connectivity index (χ3v) is 4.34. The Morgan fingerprint density at radius 1 is 1.28 bits per heavy atom. The molecule has 0 bridgehead atoms. The molecule has 2 nitrogen and oxygen atoms in total. The summed E-state index contributed by atoms with van der Waals surface area (Å²) in [6.07, 6.45) is 2.68. The van der Waals surface area contributed by atoms with Gasteiger partial charge in [-0.1, -0.05) is 23.8 Å². The molecule has 0 unspecified atom stereocenters. The van der Waals surface area contributed by atoms with Gasteiger partial charge in [0, 0.05) is 17.5 Å². The van der Waals surface area contributed by atoms with Crippen LogP contribution in [0.3, 0.4) is 0 Å². The smallest absolute Gasteiger partial charge is 0.123 e. The molecule has 1 aromatic heterocycles. The third kappa shape index (κ3) is 2.62. The highest BCUT2D eigenvalue weighted by Crippen LogP contribution is 2.25. The first kappa shape index (κ1) is 11.9. The van der Waals surface area contributed by atoms with Crippen molar-refractivity contribution in [2.45, 2.75) is 26.3 Å². The summed E-state index contributed by atoms with van der Waals surface area (Å²) in [5.74, 6) is 0. The molecular weight excluding hydrogens is 240 g/mol. The number of nitrogens with zero attached hydrogens (tertiary/aromatic N) is 2. The molecule has 3 rings (SSSR count). The number of likely N-dealkylation sites (tertiary alicyclic amines) is 1.